The molecule has 3 aliphatic rings. The lowest BCUT2D eigenvalue weighted by atomic mass is 9.87. The molecule has 1 aliphatic carbocycles. The molecule has 3 aromatic rings. The fraction of sp³-hybridized carbons (Fsp3) is 0.414. The maximum atomic E-state index is 15.2. The van der Waals surface area contributed by atoms with Gasteiger partial charge in [0.15, 0.2) is 12.3 Å². The zero-order chi connectivity index (χ0) is 31.4. The number of anilines is 2. The number of piperazine rings is 1. The standard InChI is InChI=1S/C29H29ClF3N7O4/c1-14-10-37(2)6-7-39(14)20-9-18(23(30)27(33)35-20)34-21(42)12-38-11-17(16-8-15(13-41)26(43)25(32)24(16)31)22-28(38)36-19-4-3-5-40(19)29(22)44/h8-9,11,13-14,24-25,41H,3-7,10,12H2,1-2H3,(H,34,35,42)/t14-,24?,25?/m0/s1. The molecule has 1 saturated heterocycles. The predicted molar refractivity (Wildman–Crippen MR) is 158 cm³/mol. The van der Waals surface area contributed by atoms with E-state index >= 15 is 4.39 Å². The van der Waals surface area contributed by atoms with Gasteiger partial charge in [-0.3, -0.25) is 19.0 Å². The van der Waals surface area contributed by atoms with Gasteiger partial charge < -0.3 is 24.8 Å². The molecule has 1 amide bonds. The number of allylic oxidation sites excluding steroid dienone is 3. The number of aryl methyl sites for hydroxylation is 1. The summed E-state index contributed by atoms with van der Waals surface area (Å²) >= 11 is 6.18. The Labute approximate surface area is 254 Å². The SMILES string of the molecule is C[C@H]1CN(C)CCN1c1cc(NC(=O)Cn2cc(C3=CC(=CO)C(=O)C(F)C3F)c3c(=O)n4c(nc32)CCC4)c(Cl)c(F)n1. The van der Waals surface area contributed by atoms with Gasteiger partial charge in [0.2, 0.25) is 17.6 Å². The van der Waals surface area contributed by atoms with Crippen LogP contribution in [-0.2, 0) is 29.1 Å². The largest absolute Gasteiger partial charge is 0.515 e. The number of hydrogen-bond donors (Lipinski definition) is 2. The summed E-state index contributed by atoms with van der Waals surface area (Å²) < 4.78 is 47.5. The molecule has 0 radical (unpaired) electrons. The third-order valence-corrected chi connectivity index (χ3v) is 8.66. The first-order chi connectivity index (χ1) is 21.0. The molecule has 2 aliphatic heterocycles. The number of hydrogen-bond acceptors (Lipinski definition) is 8. The molecule has 3 aromatic heterocycles. The zero-order valence-corrected chi connectivity index (χ0v) is 24.6. The molecule has 3 atom stereocenters. The third-order valence-electron chi connectivity index (χ3n) is 8.30. The molecular weight excluding hydrogens is 603 g/mol. The molecule has 0 saturated carbocycles. The molecule has 6 rings (SSSR count). The minimum atomic E-state index is -2.60. The number of carbonyl (C=O) groups is 2. The maximum absolute atomic E-state index is 15.2. The molecule has 2 N–H and O–H groups in total. The number of aliphatic hydroxyl groups is 1. The highest BCUT2D eigenvalue weighted by atomic mass is 35.5. The molecular formula is C29H29ClF3N7O4. The molecule has 2 unspecified atom stereocenters. The molecule has 0 aromatic carbocycles. The van der Waals surface area contributed by atoms with Gasteiger partial charge in [-0.1, -0.05) is 11.6 Å². The number of halogens is 4. The molecule has 11 nitrogen and oxygen atoms in total. The number of likely N-dealkylation sites (N-methyl/N-ethyl adjacent to an activating group) is 1. The van der Waals surface area contributed by atoms with Crippen molar-refractivity contribution in [3.63, 3.8) is 0 Å². The summed E-state index contributed by atoms with van der Waals surface area (Å²) in [5.74, 6) is -2.06. The van der Waals surface area contributed by atoms with Crippen LogP contribution in [0.3, 0.4) is 0 Å². The van der Waals surface area contributed by atoms with Crippen LogP contribution in [0.25, 0.3) is 16.6 Å². The number of amides is 1. The maximum Gasteiger partial charge on any atom is 0.263 e. The van der Waals surface area contributed by atoms with E-state index in [1.807, 2.05) is 18.9 Å². The summed E-state index contributed by atoms with van der Waals surface area (Å²) in [6.45, 7) is 3.97. The number of rotatable bonds is 5. The van der Waals surface area contributed by atoms with Crippen molar-refractivity contribution in [1.82, 2.24) is 24.0 Å². The lowest BCUT2D eigenvalue weighted by molar-refractivity contribution is -0.121. The van der Waals surface area contributed by atoms with E-state index in [9.17, 15) is 28.3 Å². The Morgan fingerprint density at radius 3 is 2.70 bits per heavy atom. The van der Waals surface area contributed by atoms with Gasteiger partial charge in [0.1, 0.15) is 28.9 Å². The summed E-state index contributed by atoms with van der Waals surface area (Å²) in [5.41, 5.74) is -1.32. The lowest BCUT2D eigenvalue weighted by Crippen LogP contribution is -2.50. The Hall–Kier alpha value is -4.17. The van der Waals surface area contributed by atoms with Crippen molar-refractivity contribution in [2.75, 3.05) is 36.9 Å². The van der Waals surface area contributed by atoms with Gasteiger partial charge in [-0.2, -0.15) is 4.39 Å². The third kappa shape index (κ3) is 5.05. The number of fused-ring (bicyclic) bond motifs is 2. The number of Topliss-reactive ketones (excluding diaryl/α,β-unsaturated/α-hetero) is 1. The number of carbonyl (C=O) groups excluding carboxylic acids is 2. The second-order valence-electron chi connectivity index (χ2n) is 11.3. The Balaban J connectivity index is 1.38. The fourth-order valence-corrected chi connectivity index (χ4v) is 6.25. The van der Waals surface area contributed by atoms with Crippen LogP contribution in [0.4, 0.5) is 24.7 Å². The van der Waals surface area contributed by atoms with Crippen molar-refractivity contribution in [3.05, 3.63) is 62.9 Å². The van der Waals surface area contributed by atoms with Crippen LogP contribution in [0.1, 0.15) is 24.7 Å². The molecule has 0 spiro atoms. The van der Waals surface area contributed by atoms with E-state index < -0.39 is 47.7 Å². The number of alkyl halides is 2. The first kappa shape index (κ1) is 29.9. The van der Waals surface area contributed by atoms with E-state index in [2.05, 4.69) is 20.2 Å². The Bertz CT molecular complexity index is 1820. The minimum Gasteiger partial charge on any atom is -0.515 e. The molecule has 44 heavy (non-hydrogen) atoms. The molecule has 1 fully saturated rings. The quantitative estimate of drug-likeness (QED) is 0.250. The number of ketones is 1. The summed E-state index contributed by atoms with van der Waals surface area (Å²) in [4.78, 5) is 51.6. The van der Waals surface area contributed by atoms with Gasteiger partial charge in [-0.15, -0.1) is 0 Å². The second kappa shape index (κ2) is 11.4. The summed E-state index contributed by atoms with van der Waals surface area (Å²) in [6.07, 6.45) is -1.21. The first-order valence-electron chi connectivity index (χ1n) is 14.1. The number of aliphatic hydroxyl groups excluding tert-OH is 1. The van der Waals surface area contributed by atoms with Gasteiger partial charge in [0.25, 0.3) is 5.56 Å². The van der Waals surface area contributed by atoms with E-state index in [-0.39, 0.29) is 38.9 Å². The second-order valence-corrected chi connectivity index (χ2v) is 11.7. The summed E-state index contributed by atoms with van der Waals surface area (Å²) in [5, 5.41) is 11.6. The van der Waals surface area contributed by atoms with Crippen LogP contribution in [0.2, 0.25) is 5.02 Å². The van der Waals surface area contributed by atoms with Crippen LogP contribution in [0, 0.1) is 5.95 Å². The van der Waals surface area contributed by atoms with Crippen LogP contribution >= 0.6 is 11.6 Å². The number of pyridine rings is 1. The van der Waals surface area contributed by atoms with Crippen LogP contribution < -0.4 is 15.8 Å². The Kier molecular flexibility index (Phi) is 7.74. The van der Waals surface area contributed by atoms with Gasteiger partial charge >= 0.3 is 0 Å². The van der Waals surface area contributed by atoms with Gasteiger partial charge in [-0.25, -0.2) is 18.7 Å². The number of aromatic nitrogens is 4. The first-order valence-corrected chi connectivity index (χ1v) is 14.5. The molecule has 232 valence electrons. The number of nitrogens with zero attached hydrogens (tertiary/aromatic N) is 6. The van der Waals surface area contributed by atoms with Crippen molar-refractivity contribution in [2.24, 2.45) is 0 Å². The highest BCUT2D eigenvalue weighted by molar-refractivity contribution is 6.33. The molecule has 5 heterocycles. The van der Waals surface area contributed by atoms with Crippen molar-refractivity contribution < 1.29 is 27.9 Å². The average Bonchev–Trinajstić information content (AvgIpc) is 3.60. The van der Waals surface area contributed by atoms with E-state index in [1.54, 1.807) is 0 Å². The van der Waals surface area contributed by atoms with E-state index in [1.165, 1.54) is 21.4 Å². The van der Waals surface area contributed by atoms with Crippen LogP contribution in [-0.4, -0.2) is 85.9 Å². The highest BCUT2D eigenvalue weighted by Crippen LogP contribution is 2.36. The molecule has 0 bridgehead atoms. The predicted octanol–water partition coefficient (Wildman–Crippen LogP) is 3.19. The lowest BCUT2D eigenvalue weighted by Gasteiger charge is -2.39. The van der Waals surface area contributed by atoms with Gasteiger partial charge in [-0.05, 0) is 32.0 Å². The topological polar surface area (TPSA) is 126 Å². The van der Waals surface area contributed by atoms with Crippen molar-refractivity contribution >= 4 is 51.4 Å². The fourth-order valence-electron chi connectivity index (χ4n) is 6.11. The van der Waals surface area contributed by atoms with Crippen LogP contribution in [0.5, 0.6) is 0 Å². The smallest absolute Gasteiger partial charge is 0.263 e. The van der Waals surface area contributed by atoms with Crippen molar-refractivity contribution in [2.45, 2.75) is 51.2 Å². The van der Waals surface area contributed by atoms with E-state index in [4.69, 9.17) is 11.6 Å². The van der Waals surface area contributed by atoms with Gasteiger partial charge in [0.05, 0.1) is 22.9 Å². The summed E-state index contributed by atoms with van der Waals surface area (Å²) in [6, 6.07) is 1.51. The van der Waals surface area contributed by atoms with E-state index in [0.717, 1.165) is 19.2 Å². The highest BCUT2D eigenvalue weighted by Gasteiger charge is 2.39. The monoisotopic (exact) mass is 631 g/mol. The van der Waals surface area contributed by atoms with Crippen molar-refractivity contribution in [3.8, 4) is 0 Å². The Morgan fingerprint density at radius 2 is 1.98 bits per heavy atom. The van der Waals surface area contributed by atoms with E-state index in [0.29, 0.717) is 43.8 Å². The normalized spacial score (nSPS) is 23.4. The van der Waals surface area contributed by atoms with Gasteiger partial charge in [0, 0.05) is 56.5 Å². The van der Waals surface area contributed by atoms with Crippen molar-refractivity contribution in [1.29, 1.82) is 0 Å². The average molecular weight is 632 g/mol. The number of nitrogens with one attached hydrogen (secondary N) is 1. The zero-order valence-electron chi connectivity index (χ0n) is 23.9. The minimum absolute atomic E-state index is 0.00813. The van der Waals surface area contributed by atoms with Crippen LogP contribution in [0.15, 0.2) is 35.0 Å². The summed E-state index contributed by atoms with van der Waals surface area (Å²) in [7, 11) is 1.99. The Morgan fingerprint density at radius 1 is 1.20 bits per heavy atom. The molecule has 15 heteroatoms.